The second-order valence-electron chi connectivity index (χ2n) is 8.86. The molecule has 176 valence electrons. The van der Waals surface area contributed by atoms with Gasteiger partial charge in [0.05, 0.1) is 30.3 Å². The van der Waals surface area contributed by atoms with Crippen molar-refractivity contribution in [3.05, 3.63) is 70.8 Å². The number of thioether (sulfide) groups is 1. The molecular formula is C26H31NO4S2. The molecule has 1 aliphatic rings. The van der Waals surface area contributed by atoms with Crippen LogP contribution in [0.5, 0.6) is 0 Å². The molecule has 4 atom stereocenters. The van der Waals surface area contributed by atoms with Gasteiger partial charge in [-0.15, -0.1) is 11.8 Å². The summed E-state index contributed by atoms with van der Waals surface area (Å²) in [5, 5.41) is 20.1. The number of ether oxygens (including phenoxy) is 1. The summed E-state index contributed by atoms with van der Waals surface area (Å²) in [7, 11) is 0. The van der Waals surface area contributed by atoms with Crippen LogP contribution in [0, 0.1) is 29.1 Å². The third-order valence-electron chi connectivity index (χ3n) is 6.05. The van der Waals surface area contributed by atoms with E-state index in [0.717, 1.165) is 39.3 Å². The SMILES string of the molecule is CC1=C(C#N)[C@H](CSc2cccc(C(O)C(C)C)c2)[C@@H](COCc2cccc(S(=O)O)c2)C1. The van der Waals surface area contributed by atoms with Crippen LogP contribution in [0.2, 0.25) is 0 Å². The van der Waals surface area contributed by atoms with Crippen molar-refractivity contribution in [1.29, 1.82) is 5.26 Å². The number of benzene rings is 2. The molecule has 2 unspecified atom stereocenters. The number of hydrogen-bond donors (Lipinski definition) is 2. The van der Waals surface area contributed by atoms with E-state index in [9.17, 15) is 19.1 Å². The zero-order chi connectivity index (χ0) is 24.0. The lowest BCUT2D eigenvalue weighted by Gasteiger charge is -2.21. The molecule has 0 bridgehead atoms. The van der Waals surface area contributed by atoms with Crippen LogP contribution in [0.4, 0.5) is 0 Å². The Kier molecular flexibility index (Phi) is 9.30. The first-order valence-electron chi connectivity index (χ1n) is 11.1. The molecule has 2 N–H and O–H groups in total. The topological polar surface area (TPSA) is 90.5 Å². The van der Waals surface area contributed by atoms with Crippen molar-refractivity contribution >= 4 is 22.8 Å². The maximum Gasteiger partial charge on any atom is 0.186 e. The zero-order valence-electron chi connectivity index (χ0n) is 19.2. The first kappa shape index (κ1) is 25.7. The Hall–Kier alpha value is -1.95. The summed E-state index contributed by atoms with van der Waals surface area (Å²) in [6.45, 7) is 6.90. The molecule has 0 radical (unpaired) electrons. The molecule has 0 amide bonds. The Morgan fingerprint density at radius 1 is 1.24 bits per heavy atom. The van der Waals surface area contributed by atoms with Gasteiger partial charge in [0.1, 0.15) is 0 Å². The Labute approximate surface area is 203 Å². The fourth-order valence-corrected chi connectivity index (χ4v) is 5.85. The predicted molar refractivity (Wildman–Crippen MR) is 132 cm³/mol. The third-order valence-corrected chi connectivity index (χ3v) is 7.82. The molecule has 1 aliphatic carbocycles. The van der Waals surface area contributed by atoms with Gasteiger partial charge in [0.25, 0.3) is 0 Å². The summed E-state index contributed by atoms with van der Waals surface area (Å²) in [6, 6.07) is 17.3. The van der Waals surface area contributed by atoms with Gasteiger partial charge < -0.3 is 14.4 Å². The van der Waals surface area contributed by atoms with Crippen molar-refractivity contribution in [2.24, 2.45) is 17.8 Å². The van der Waals surface area contributed by atoms with Crippen LogP contribution >= 0.6 is 11.8 Å². The van der Waals surface area contributed by atoms with Gasteiger partial charge in [-0.25, -0.2) is 4.21 Å². The van der Waals surface area contributed by atoms with E-state index in [-0.39, 0.29) is 17.8 Å². The molecular weight excluding hydrogens is 454 g/mol. The summed E-state index contributed by atoms with van der Waals surface area (Å²) in [6.07, 6.45) is 0.345. The van der Waals surface area contributed by atoms with Crippen LogP contribution in [-0.2, 0) is 22.4 Å². The molecule has 3 rings (SSSR count). The van der Waals surface area contributed by atoms with Crippen molar-refractivity contribution in [2.45, 2.75) is 49.7 Å². The van der Waals surface area contributed by atoms with Gasteiger partial charge in [0, 0.05) is 22.1 Å². The Balaban J connectivity index is 1.63. The number of aliphatic hydroxyl groups is 1. The van der Waals surface area contributed by atoms with E-state index in [0.29, 0.717) is 18.1 Å². The van der Waals surface area contributed by atoms with E-state index in [4.69, 9.17) is 4.74 Å². The van der Waals surface area contributed by atoms with Crippen molar-refractivity contribution < 1.29 is 18.6 Å². The molecule has 0 heterocycles. The van der Waals surface area contributed by atoms with Gasteiger partial charge in [-0.05, 0) is 60.6 Å². The molecule has 33 heavy (non-hydrogen) atoms. The number of nitriles is 1. The fourth-order valence-electron chi connectivity index (χ4n) is 4.20. The molecule has 7 heteroatoms. The quantitative estimate of drug-likeness (QED) is 0.329. The minimum Gasteiger partial charge on any atom is -0.388 e. The maximum absolute atomic E-state index is 11.3. The number of aliphatic hydroxyl groups excluding tert-OH is 1. The third kappa shape index (κ3) is 6.78. The molecule has 0 aliphatic heterocycles. The highest BCUT2D eigenvalue weighted by Gasteiger charge is 2.33. The van der Waals surface area contributed by atoms with Crippen LogP contribution in [-0.4, -0.2) is 26.2 Å². The first-order valence-corrected chi connectivity index (χ1v) is 13.2. The van der Waals surface area contributed by atoms with Gasteiger partial charge in [0.15, 0.2) is 11.1 Å². The molecule has 0 spiro atoms. The summed E-state index contributed by atoms with van der Waals surface area (Å²) >= 11 is -0.301. The Morgan fingerprint density at radius 3 is 2.70 bits per heavy atom. The second-order valence-corrected chi connectivity index (χ2v) is 10.9. The Bertz CT molecular complexity index is 1060. The molecule has 2 aromatic rings. The first-order chi connectivity index (χ1) is 15.8. The van der Waals surface area contributed by atoms with E-state index in [1.165, 1.54) is 0 Å². The molecule has 5 nitrogen and oxygen atoms in total. The van der Waals surface area contributed by atoms with Crippen molar-refractivity contribution in [1.82, 2.24) is 0 Å². The van der Waals surface area contributed by atoms with Gasteiger partial charge in [0.2, 0.25) is 0 Å². The number of hydrogen-bond acceptors (Lipinski definition) is 5. The van der Waals surface area contributed by atoms with Crippen LogP contribution in [0.3, 0.4) is 0 Å². The summed E-state index contributed by atoms with van der Waals surface area (Å²) in [4.78, 5) is 1.45. The summed E-state index contributed by atoms with van der Waals surface area (Å²) in [5.74, 6) is 1.24. The normalized spacial score (nSPS) is 20.2. The predicted octanol–water partition coefficient (Wildman–Crippen LogP) is 5.74. The highest BCUT2D eigenvalue weighted by atomic mass is 32.2. The van der Waals surface area contributed by atoms with Gasteiger partial charge in [-0.1, -0.05) is 43.7 Å². The number of rotatable bonds is 10. The Morgan fingerprint density at radius 2 is 2.00 bits per heavy atom. The minimum absolute atomic E-state index is 0.106. The average Bonchev–Trinajstić information content (AvgIpc) is 3.11. The van der Waals surface area contributed by atoms with Crippen molar-refractivity contribution in [3.63, 3.8) is 0 Å². The fraction of sp³-hybridized carbons (Fsp3) is 0.423. The second kappa shape index (κ2) is 12.0. The minimum atomic E-state index is -2.01. The largest absolute Gasteiger partial charge is 0.388 e. The standard InChI is InChI=1S/C26H31NO4S2/c1-17(2)26(28)20-7-5-8-22(12-20)32-16-25-21(10-18(3)24(25)13-27)15-31-14-19-6-4-9-23(11-19)33(29)30/h4-9,11-12,17,21,25-26,28H,10,14-16H2,1-3H3,(H,29,30)/t21-,25-,26?/m1/s1. The molecule has 0 saturated carbocycles. The highest BCUT2D eigenvalue weighted by molar-refractivity contribution is 7.99. The van der Waals surface area contributed by atoms with Gasteiger partial charge >= 0.3 is 0 Å². The number of nitrogens with zero attached hydrogens (tertiary/aromatic N) is 1. The maximum atomic E-state index is 11.3. The zero-order valence-corrected chi connectivity index (χ0v) is 20.9. The number of allylic oxidation sites excluding steroid dienone is 2. The lowest BCUT2D eigenvalue weighted by atomic mass is 9.94. The van der Waals surface area contributed by atoms with E-state index in [1.54, 1.807) is 30.0 Å². The molecule has 0 fully saturated rings. The van der Waals surface area contributed by atoms with E-state index in [1.807, 2.05) is 51.1 Å². The van der Waals surface area contributed by atoms with Crippen LogP contribution in [0.1, 0.15) is 44.4 Å². The van der Waals surface area contributed by atoms with Gasteiger partial charge in [-0.2, -0.15) is 5.26 Å². The summed E-state index contributed by atoms with van der Waals surface area (Å²) < 4.78 is 26.5. The van der Waals surface area contributed by atoms with Crippen LogP contribution < -0.4 is 0 Å². The van der Waals surface area contributed by atoms with E-state index in [2.05, 4.69) is 6.07 Å². The van der Waals surface area contributed by atoms with E-state index < -0.39 is 17.2 Å². The molecule has 0 aromatic heterocycles. The summed E-state index contributed by atoms with van der Waals surface area (Å²) in [5.41, 5.74) is 3.75. The van der Waals surface area contributed by atoms with E-state index >= 15 is 0 Å². The van der Waals surface area contributed by atoms with Crippen molar-refractivity contribution in [2.75, 3.05) is 12.4 Å². The van der Waals surface area contributed by atoms with Crippen LogP contribution in [0.25, 0.3) is 0 Å². The lowest BCUT2D eigenvalue weighted by molar-refractivity contribution is 0.0792. The highest BCUT2D eigenvalue weighted by Crippen LogP contribution is 2.40. The molecule has 0 saturated heterocycles. The lowest BCUT2D eigenvalue weighted by Crippen LogP contribution is -2.19. The van der Waals surface area contributed by atoms with Crippen molar-refractivity contribution in [3.8, 4) is 6.07 Å². The van der Waals surface area contributed by atoms with Gasteiger partial charge in [-0.3, -0.25) is 0 Å². The average molecular weight is 486 g/mol. The van der Waals surface area contributed by atoms with Crippen LogP contribution in [0.15, 0.2) is 69.5 Å². The smallest absolute Gasteiger partial charge is 0.186 e. The molecule has 2 aromatic carbocycles. The monoisotopic (exact) mass is 485 g/mol.